The van der Waals surface area contributed by atoms with E-state index in [1.54, 1.807) is 25.2 Å². The van der Waals surface area contributed by atoms with Gasteiger partial charge in [-0.15, -0.1) is 0 Å². The van der Waals surface area contributed by atoms with Crippen molar-refractivity contribution in [3.8, 4) is 0 Å². The molecule has 2 amide bonds. The molecule has 1 atom stereocenters. The van der Waals surface area contributed by atoms with Crippen molar-refractivity contribution in [2.24, 2.45) is 5.92 Å². The van der Waals surface area contributed by atoms with Crippen molar-refractivity contribution in [1.29, 1.82) is 0 Å². The molecule has 0 fully saturated rings. The van der Waals surface area contributed by atoms with Gasteiger partial charge in [-0.2, -0.15) is 0 Å². The summed E-state index contributed by atoms with van der Waals surface area (Å²) in [6.07, 6.45) is 0. The number of nitrogens with one attached hydrogen (secondary N) is 1. The Morgan fingerprint density at radius 3 is 2.53 bits per heavy atom. The van der Waals surface area contributed by atoms with E-state index in [1.807, 2.05) is 19.9 Å². The molecular formula is C13H16N2O2. The van der Waals surface area contributed by atoms with E-state index in [0.29, 0.717) is 11.3 Å². The minimum absolute atomic E-state index is 0.0817. The number of nitrogens with zero attached hydrogens (tertiary/aromatic N) is 1. The number of hydrogen-bond donors (Lipinski definition) is 1. The van der Waals surface area contributed by atoms with Gasteiger partial charge in [0.15, 0.2) is 0 Å². The number of anilines is 1. The molecule has 0 bridgehead atoms. The SMILES string of the molecule is CC(C)C1C(=O)Nc2ccccc2C(=O)N1C. The Labute approximate surface area is 101 Å². The van der Waals surface area contributed by atoms with Crippen molar-refractivity contribution in [2.45, 2.75) is 19.9 Å². The lowest BCUT2D eigenvalue weighted by molar-refractivity contribution is -0.121. The fraction of sp³-hybridized carbons (Fsp3) is 0.385. The maximum Gasteiger partial charge on any atom is 0.256 e. The monoisotopic (exact) mass is 232 g/mol. The first-order chi connectivity index (χ1) is 8.02. The summed E-state index contributed by atoms with van der Waals surface area (Å²) >= 11 is 0. The number of likely N-dealkylation sites (N-methyl/N-ethyl adjacent to an activating group) is 1. The molecule has 4 heteroatoms. The molecule has 4 nitrogen and oxygen atoms in total. The third kappa shape index (κ3) is 1.90. The van der Waals surface area contributed by atoms with Crippen molar-refractivity contribution in [2.75, 3.05) is 12.4 Å². The molecule has 1 aromatic carbocycles. The molecule has 1 heterocycles. The number of rotatable bonds is 1. The highest BCUT2D eigenvalue weighted by atomic mass is 16.2. The van der Waals surface area contributed by atoms with Gasteiger partial charge in [-0.3, -0.25) is 9.59 Å². The minimum atomic E-state index is -0.421. The van der Waals surface area contributed by atoms with Crippen LogP contribution < -0.4 is 5.32 Å². The summed E-state index contributed by atoms with van der Waals surface area (Å²) in [6.45, 7) is 3.87. The van der Waals surface area contributed by atoms with Gasteiger partial charge in [-0.25, -0.2) is 0 Å². The zero-order valence-corrected chi connectivity index (χ0v) is 10.2. The van der Waals surface area contributed by atoms with E-state index in [2.05, 4.69) is 5.32 Å². The van der Waals surface area contributed by atoms with E-state index in [4.69, 9.17) is 0 Å². The molecule has 1 unspecified atom stereocenters. The van der Waals surface area contributed by atoms with Crippen LogP contribution in [0.1, 0.15) is 24.2 Å². The minimum Gasteiger partial charge on any atom is -0.329 e. The molecule has 0 radical (unpaired) electrons. The first-order valence-electron chi connectivity index (χ1n) is 5.69. The molecule has 0 saturated carbocycles. The van der Waals surface area contributed by atoms with Crippen molar-refractivity contribution < 1.29 is 9.59 Å². The van der Waals surface area contributed by atoms with E-state index in [-0.39, 0.29) is 17.7 Å². The number of hydrogen-bond acceptors (Lipinski definition) is 2. The molecule has 0 aromatic heterocycles. The normalized spacial score (nSPS) is 20.0. The van der Waals surface area contributed by atoms with Gasteiger partial charge in [0.2, 0.25) is 5.91 Å². The standard InChI is InChI=1S/C13H16N2O2/c1-8(2)11-12(16)14-10-7-5-4-6-9(10)13(17)15(11)3/h4-8,11H,1-3H3,(H,14,16). The second-order valence-corrected chi connectivity index (χ2v) is 4.64. The third-order valence-electron chi connectivity index (χ3n) is 3.05. The van der Waals surface area contributed by atoms with Gasteiger partial charge < -0.3 is 10.2 Å². The summed E-state index contributed by atoms with van der Waals surface area (Å²) in [6, 6.07) is 6.67. The predicted octanol–water partition coefficient (Wildman–Crippen LogP) is 1.74. The highest BCUT2D eigenvalue weighted by Gasteiger charge is 2.34. The van der Waals surface area contributed by atoms with Crippen LogP contribution in [0, 0.1) is 5.92 Å². The molecule has 0 spiro atoms. The fourth-order valence-electron chi connectivity index (χ4n) is 2.23. The van der Waals surface area contributed by atoms with Gasteiger partial charge in [-0.1, -0.05) is 26.0 Å². The first-order valence-corrected chi connectivity index (χ1v) is 5.69. The molecule has 1 aromatic rings. The van der Waals surface area contributed by atoms with Crippen molar-refractivity contribution in [3.63, 3.8) is 0 Å². The summed E-state index contributed by atoms with van der Waals surface area (Å²) in [5, 5.41) is 2.81. The lowest BCUT2D eigenvalue weighted by atomic mass is 10.0. The molecule has 1 aliphatic rings. The van der Waals surface area contributed by atoms with E-state index in [1.165, 1.54) is 4.90 Å². The van der Waals surface area contributed by atoms with Crippen LogP contribution in [0.2, 0.25) is 0 Å². The average Bonchev–Trinajstić information content (AvgIpc) is 2.36. The highest BCUT2D eigenvalue weighted by Crippen LogP contribution is 2.24. The van der Waals surface area contributed by atoms with Crippen molar-refractivity contribution in [3.05, 3.63) is 29.8 Å². The summed E-state index contributed by atoms with van der Waals surface area (Å²) in [5.74, 6) is -0.156. The molecular weight excluding hydrogens is 216 g/mol. The number of carbonyl (C=O) groups is 2. The Kier molecular flexibility index (Phi) is 2.88. The topological polar surface area (TPSA) is 49.4 Å². The average molecular weight is 232 g/mol. The van der Waals surface area contributed by atoms with Gasteiger partial charge in [-0.05, 0) is 18.1 Å². The van der Waals surface area contributed by atoms with Gasteiger partial charge in [0.25, 0.3) is 5.91 Å². The highest BCUT2D eigenvalue weighted by molar-refractivity contribution is 6.09. The van der Waals surface area contributed by atoms with Gasteiger partial charge in [0.05, 0.1) is 11.3 Å². The molecule has 0 aliphatic carbocycles. The Balaban J connectivity index is 2.49. The summed E-state index contributed by atoms with van der Waals surface area (Å²) in [4.78, 5) is 25.8. The van der Waals surface area contributed by atoms with E-state index in [0.717, 1.165) is 0 Å². The second kappa shape index (κ2) is 4.20. The van der Waals surface area contributed by atoms with Gasteiger partial charge >= 0.3 is 0 Å². The molecule has 0 saturated heterocycles. The molecule has 1 aliphatic heterocycles. The quantitative estimate of drug-likeness (QED) is 0.801. The molecule has 2 rings (SSSR count). The maximum atomic E-state index is 12.2. The molecule has 1 N–H and O–H groups in total. The summed E-state index contributed by atoms with van der Waals surface area (Å²) in [5.41, 5.74) is 1.14. The first kappa shape index (κ1) is 11.6. The Hall–Kier alpha value is -1.84. The van der Waals surface area contributed by atoms with Crippen LogP contribution in [0.4, 0.5) is 5.69 Å². The van der Waals surface area contributed by atoms with Crippen molar-refractivity contribution >= 4 is 17.5 Å². The predicted molar refractivity (Wildman–Crippen MR) is 65.8 cm³/mol. The van der Waals surface area contributed by atoms with Crippen LogP contribution in [0.3, 0.4) is 0 Å². The zero-order valence-electron chi connectivity index (χ0n) is 10.2. The maximum absolute atomic E-state index is 12.2. The largest absolute Gasteiger partial charge is 0.329 e. The zero-order chi connectivity index (χ0) is 12.6. The van der Waals surface area contributed by atoms with Crippen LogP contribution in [0.5, 0.6) is 0 Å². The number of para-hydroxylation sites is 1. The van der Waals surface area contributed by atoms with Crippen LogP contribution in [-0.2, 0) is 4.79 Å². The van der Waals surface area contributed by atoms with Crippen LogP contribution >= 0.6 is 0 Å². The van der Waals surface area contributed by atoms with E-state index >= 15 is 0 Å². The lowest BCUT2D eigenvalue weighted by Crippen LogP contribution is -2.45. The van der Waals surface area contributed by atoms with E-state index < -0.39 is 6.04 Å². The Morgan fingerprint density at radius 2 is 1.88 bits per heavy atom. The number of benzene rings is 1. The Bertz CT molecular complexity index is 468. The smallest absolute Gasteiger partial charge is 0.256 e. The van der Waals surface area contributed by atoms with E-state index in [9.17, 15) is 9.59 Å². The third-order valence-corrected chi connectivity index (χ3v) is 3.05. The fourth-order valence-corrected chi connectivity index (χ4v) is 2.23. The van der Waals surface area contributed by atoms with Crippen LogP contribution in [0.15, 0.2) is 24.3 Å². The second-order valence-electron chi connectivity index (χ2n) is 4.64. The van der Waals surface area contributed by atoms with Gasteiger partial charge in [0.1, 0.15) is 6.04 Å². The van der Waals surface area contributed by atoms with Crippen LogP contribution in [-0.4, -0.2) is 29.8 Å². The summed E-state index contributed by atoms with van der Waals surface area (Å²) < 4.78 is 0. The van der Waals surface area contributed by atoms with Crippen molar-refractivity contribution in [1.82, 2.24) is 4.90 Å². The summed E-state index contributed by atoms with van der Waals surface area (Å²) in [7, 11) is 1.68. The Morgan fingerprint density at radius 1 is 1.24 bits per heavy atom. The van der Waals surface area contributed by atoms with Gasteiger partial charge in [0, 0.05) is 7.05 Å². The molecule has 90 valence electrons. The number of fused-ring (bicyclic) bond motifs is 1. The van der Waals surface area contributed by atoms with Crippen LogP contribution in [0.25, 0.3) is 0 Å². The molecule has 17 heavy (non-hydrogen) atoms. The number of carbonyl (C=O) groups excluding carboxylic acids is 2. The lowest BCUT2D eigenvalue weighted by Gasteiger charge is -2.27. The number of amides is 2.